The first-order chi connectivity index (χ1) is 17.5. The maximum atomic E-state index is 12.8. The summed E-state index contributed by atoms with van der Waals surface area (Å²) >= 11 is 6.52. The van der Waals surface area contributed by atoms with E-state index < -0.39 is 6.17 Å². The lowest BCUT2D eigenvalue weighted by Gasteiger charge is -2.33. The second-order valence-electron chi connectivity index (χ2n) is 8.70. The fourth-order valence-corrected chi connectivity index (χ4v) is 4.46. The van der Waals surface area contributed by atoms with E-state index in [1.165, 1.54) is 6.92 Å². The summed E-state index contributed by atoms with van der Waals surface area (Å²) in [6, 6.07) is 33.5. The van der Waals surface area contributed by atoms with Crippen molar-refractivity contribution < 1.29 is 9.53 Å². The molecular formula is C30H26ClN3O2. The molecular weight excluding hydrogens is 470 g/mol. The van der Waals surface area contributed by atoms with Gasteiger partial charge in [0.25, 0.3) is 0 Å². The Kier molecular flexibility index (Phi) is 6.74. The molecule has 6 heteroatoms. The normalized spacial score (nSPS) is 15.1. The molecule has 0 amide bonds. The van der Waals surface area contributed by atoms with E-state index in [1.807, 2.05) is 120 Å². The van der Waals surface area contributed by atoms with Crippen LogP contribution in [0, 0.1) is 6.92 Å². The lowest BCUT2D eigenvalue weighted by molar-refractivity contribution is -0.111. The second-order valence-corrected chi connectivity index (χ2v) is 9.13. The van der Waals surface area contributed by atoms with Gasteiger partial charge < -0.3 is 4.74 Å². The highest BCUT2D eigenvalue weighted by Crippen LogP contribution is 2.43. The zero-order valence-corrected chi connectivity index (χ0v) is 20.9. The number of anilines is 2. The van der Waals surface area contributed by atoms with Crippen molar-refractivity contribution in [2.75, 3.05) is 9.91 Å². The third-order valence-corrected chi connectivity index (χ3v) is 6.28. The zero-order valence-electron chi connectivity index (χ0n) is 20.1. The van der Waals surface area contributed by atoms with Gasteiger partial charge in [0.2, 0.25) is 0 Å². The highest BCUT2D eigenvalue weighted by Gasteiger charge is 2.40. The van der Waals surface area contributed by atoms with Crippen molar-refractivity contribution in [3.05, 3.63) is 125 Å². The Bertz CT molecular complexity index is 1390. The van der Waals surface area contributed by atoms with Crippen LogP contribution in [0.3, 0.4) is 0 Å². The number of para-hydroxylation sites is 1. The summed E-state index contributed by atoms with van der Waals surface area (Å²) in [6.45, 7) is 3.98. The number of nitrogens with zero attached hydrogens (tertiary/aromatic N) is 3. The van der Waals surface area contributed by atoms with E-state index in [1.54, 1.807) is 0 Å². The smallest absolute Gasteiger partial charge is 0.198 e. The van der Waals surface area contributed by atoms with Crippen molar-refractivity contribution in [3.8, 4) is 5.75 Å². The van der Waals surface area contributed by atoms with E-state index in [9.17, 15) is 4.79 Å². The number of hydrogen-bond acceptors (Lipinski definition) is 5. The Morgan fingerprint density at radius 1 is 0.889 bits per heavy atom. The van der Waals surface area contributed by atoms with Gasteiger partial charge in [-0.05, 0) is 55.0 Å². The van der Waals surface area contributed by atoms with Gasteiger partial charge in [-0.3, -0.25) is 9.69 Å². The maximum absolute atomic E-state index is 12.8. The Morgan fingerprint density at radius 3 is 2.22 bits per heavy atom. The quantitative estimate of drug-likeness (QED) is 0.273. The molecule has 0 fully saturated rings. The minimum atomic E-state index is -0.488. The fraction of sp³-hybridized carbons (Fsp3) is 0.133. The molecule has 4 aromatic carbocycles. The van der Waals surface area contributed by atoms with Gasteiger partial charge in [0.05, 0.1) is 5.69 Å². The molecule has 0 N–H and O–H groups in total. The Morgan fingerprint density at radius 2 is 1.56 bits per heavy atom. The van der Waals surface area contributed by atoms with Crippen LogP contribution in [0.1, 0.15) is 29.8 Å². The van der Waals surface area contributed by atoms with Gasteiger partial charge in [-0.15, -0.1) is 5.10 Å². The Hall–Kier alpha value is -4.09. The SMILES string of the molecule is CC(=O)C1=NN(c2ccc(C)cc2)[C@@H](c2cc(Cl)ccc2OCc2ccccc2)N1c1ccccc1. The summed E-state index contributed by atoms with van der Waals surface area (Å²) in [6.07, 6.45) is -0.488. The first-order valence-electron chi connectivity index (χ1n) is 11.8. The molecule has 5 nitrogen and oxygen atoms in total. The predicted molar refractivity (Wildman–Crippen MR) is 146 cm³/mol. The fourth-order valence-electron chi connectivity index (χ4n) is 4.28. The molecule has 0 aliphatic carbocycles. The number of aryl methyl sites for hydroxylation is 1. The van der Waals surface area contributed by atoms with Crippen molar-refractivity contribution in [3.63, 3.8) is 0 Å². The minimum Gasteiger partial charge on any atom is -0.488 e. The van der Waals surface area contributed by atoms with Crippen LogP contribution in [-0.2, 0) is 11.4 Å². The van der Waals surface area contributed by atoms with Crippen molar-refractivity contribution in [1.29, 1.82) is 0 Å². The molecule has 0 spiro atoms. The summed E-state index contributed by atoms with van der Waals surface area (Å²) in [5.41, 5.74) is 4.71. The summed E-state index contributed by atoms with van der Waals surface area (Å²) in [7, 11) is 0. The number of amidine groups is 1. The molecule has 36 heavy (non-hydrogen) atoms. The van der Waals surface area contributed by atoms with Crippen LogP contribution >= 0.6 is 11.6 Å². The van der Waals surface area contributed by atoms with Gasteiger partial charge >= 0.3 is 0 Å². The zero-order chi connectivity index (χ0) is 25.1. The number of hydrogen-bond donors (Lipinski definition) is 0. The van der Waals surface area contributed by atoms with Crippen LogP contribution < -0.4 is 14.6 Å². The number of halogens is 1. The van der Waals surface area contributed by atoms with Crippen LogP contribution in [0.15, 0.2) is 108 Å². The van der Waals surface area contributed by atoms with Crippen LogP contribution in [-0.4, -0.2) is 11.6 Å². The van der Waals surface area contributed by atoms with Gasteiger partial charge in [-0.25, -0.2) is 5.01 Å². The number of carbonyl (C=O) groups excluding carboxylic acids is 1. The number of hydrazone groups is 1. The average Bonchev–Trinajstić information content (AvgIpc) is 3.30. The van der Waals surface area contributed by atoms with E-state index >= 15 is 0 Å². The van der Waals surface area contributed by atoms with E-state index in [2.05, 4.69) is 0 Å². The van der Waals surface area contributed by atoms with E-state index in [4.69, 9.17) is 21.4 Å². The standard InChI is InChI=1S/C30H26ClN3O2/c1-21-13-16-26(17-14-21)34-30(33(29(32-34)22(2)35)25-11-7-4-8-12-25)27-19-24(31)15-18-28(27)36-20-23-9-5-3-6-10-23/h3-19,30H,20H2,1-2H3/t30-/m0/s1. The first-order valence-corrected chi connectivity index (χ1v) is 12.1. The number of ether oxygens (including phenoxy) is 1. The summed E-state index contributed by atoms with van der Waals surface area (Å²) in [5.74, 6) is 0.888. The molecule has 0 unspecified atom stereocenters. The molecule has 4 aromatic rings. The molecule has 0 bridgehead atoms. The van der Waals surface area contributed by atoms with Gasteiger partial charge in [0, 0.05) is 23.2 Å². The first kappa shape index (κ1) is 23.6. The van der Waals surface area contributed by atoms with Crippen LogP contribution in [0.2, 0.25) is 5.02 Å². The molecule has 0 saturated carbocycles. The van der Waals surface area contributed by atoms with Crippen LogP contribution in [0.5, 0.6) is 5.75 Å². The number of Topliss-reactive ketones (excluding diaryl/α,β-unsaturated/α-hetero) is 1. The summed E-state index contributed by atoms with van der Waals surface area (Å²) < 4.78 is 6.33. The highest BCUT2D eigenvalue weighted by atomic mass is 35.5. The van der Waals surface area contributed by atoms with Crippen molar-refractivity contribution in [1.82, 2.24) is 0 Å². The van der Waals surface area contributed by atoms with Gasteiger partial charge in [0.15, 0.2) is 17.8 Å². The monoisotopic (exact) mass is 495 g/mol. The minimum absolute atomic E-state index is 0.132. The third kappa shape index (κ3) is 4.83. The molecule has 180 valence electrons. The van der Waals surface area contributed by atoms with E-state index in [0.717, 1.165) is 28.1 Å². The molecule has 1 atom stereocenters. The van der Waals surface area contributed by atoms with Gasteiger partial charge in [0.1, 0.15) is 12.4 Å². The molecule has 5 rings (SSSR count). The highest BCUT2D eigenvalue weighted by molar-refractivity contribution is 6.44. The maximum Gasteiger partial charge on any atom is 0.198 e. The lowest BCUT2D eigenvalue weighted by Crippen LogP contribution is -2.38. The molecule has 1 heterocycles. The predicted octanol–water partition coefficient (Wildman–Crippen LogP) is 7.16. The van der Waals surface area contributed by atoms with Crippen molar-refractivity contribution in [2.45, 2.75) is 26.6 Å². The van der Waals surface area contributed by atoms with Crippen LogP contribution in [0.4, 0.5) is 11.4 Å². The summed E-state index contributed by atoms with van der Waals surface area (Å²) in [4.78, 5) is 14.8. The largest absolute Gasteiger partial charge is 0.488 e. The van der Waals surface area contributed by atoms with Gasteiger partial charge in [-0.1, -0.05) is 77.8 Å². The number of carbonyl (C=O) groups is 1. The topological polar surface area (TPSA) is 45.1 Å². The molecule has 1 aliphatic rings. The Balaban J connectivity index is 1.65. The van der Waals surface area contributed by atoms with E-state index in [-0.39, 0.29) is 5.78 Å². The number of rotatable bonds is 7. The van der Waals surface area contributed by atoms with Crippen LogP contribution in [0.25, 0.3) is 0 Å². The molecule has 0 saturated heterocycles. The van der Waals surface area contributed by atoms with Crippen molar-refractivity contribution >= 4 is 34.6 Å². The second kappa shape index (κ2) is 10.3. The molecule has 1 aliphatic heterocycles. The third-order valence-electron chi connectivity index (χ3n) is 6.04. The molecule has 0 aromatic heterocycles. The van der Waals surface area contributed by atoms with E-state index in [0.29, 0.717) is 23.2 Å². The molecule has 0 radical (unpaired) electrons. The number of benzene rings is 4. The van der Waals surface area contributed by atoms with Crippen molar-refractivity contribution in [2.24, 2.45) is 5.10 Å². The van der Waals surface area contributed by atoms with Gasteiger partial charge in [-0.2, -0.15) is 0 Å². The average molecular weight is 496 g/mol. The number of ketones is 1. The lowest BCUT2D eigenvalue weighted by atomic mass is 10.1. The Labute approximate surface area is 216 Å². The summed E-state index contributed by atoms with van der Waals surface area (Å²) in [5, 5.41) is 7.26.